The van der Waals surface area contributed by atoms with Crippen molar-refractivity contribution in [3.05, 3.63) is 165 Å². The molecule has 0 heterocycles. The molecule has 0 spiro atoms. The van der Waals surface area contributed by atoms with Crippen LogP contribution in [0.5, 0.6) is 0 Å². The summed E-state index contributed by atoms with van der Waals surface area (Å²) >= 11 is 1.30. The molecule has 0 radical (unpaired) electrons. The summed E-state index contributed by atoms with van der Waals surface area (Å²) in [6.45, 7) is 26.6. The van der Waals surface area contributed by atoms with Gasteiger partial charge in [0.15, 0.2) is 0 Å². The first-order valence-electron chi connectivity index (χ1n) is 18.6. The van der Waals surface area contributed by atoms with Gasteiger partial charge in [0.2, 0.25) is 0 Å². The topological polar surface area (TPSA) is 0 Å². The van der Waals surface area contributed by atoms with Crippen molar-refractivity contribution < 1.29 is 24.2 Å². The van der Waals surface area contributed by atoms with Crippen LogP contribution >= 0.6 is 24.8 Å². The third-order valence-corrected chi connectivity index (χ3v) is 10.1. The fourth-order valence-corrected chi connectivity index (χ4v) is 6.93. The fourth-order valence-electron chi connectivity index (χ4n) is 6.93. The standard InChI is InChI=1S/C23H21.2C10H13.C7H9.CH2.2ClH.Zr/c1-22(2)7-5-14-10-18-16(12-20(14)22)9-17-13-21-15(11-19(17)18)6-8-23(21,3)4;2*1-10(2,3)9-7-5-4-6-8-9;1-6-3-4-7(2)5-6;;;;/h5-7,10-13H,9H2,1-4H3;2*5-8H,1-3H3;3,5,7H,1-2H3;1H2;2*1H;/q4*-1;;;;. The van der Waals surface area contributed by atoms with Crippen LogP contribution in [0.15, 0.2) is 96.6 Å². The Morgan fingerprint density at radius 1 is 0.685 bits per heavy atom. The Kier molecular flexibility index (Phi) is 17.0. The van der Waals surface area contributed by atoms with Crippen LogP contribution in [-0.2, 0) is 52.3 Å². The van der Waals surface area contributed by atoms with Gasteiger partial charge in [0, 0.05) is 5.41 Å². The SMILES string of the molecule is CC(C)(C)c1cc[c-]cc1.CC(C)(C)c1cc[c-]cc1.CC1(C)[C-]=Cc2cc3c(cc21)Cc1cc2c(cc1-3)C=CC2(C)C.CC1=CC(C)[C-]=C1.Cl.Cl.[CH2]=[Zr]. The molecule has 4 aliphatic carbocycles. The number of benzene rings is 4. The van der Waals surface area contributed by atoms with Crippen molar-refractivity contribution in [3.63, 3.8) is 0 Å². The Morgan fingerprint density at radius 3 is 1.54 bits per heavy atom. The normalized spacial score (nSPS) is 16.6. The monoisotopic (exact) mass is 832 g/mol. The van der Waals surface area contributed by atoms with Crippen LogP contribution in [0, 0.1) is 30.2 Å². The average molecular weight is 835 g/mol. The molecule has 0 bridgehead atoms. The number of hydrogen-bond donors (Lipinski definition) is 0. The second kappa shape index (κ2) is 19.4. The van der Waals surface area contributed by atoms with Crippen LogP contribution in [0.1, 0.15) is 128 Å². The Bertz CT molecular complexity index is 1830. The van der Waals surface area contributed by atoms with Crippen LogP contribution in [0.25, 0.3) is 23.3 Å². The molecule has 0 aromatic heterocycles. The van der Waals surface area contributed by atoms with E-state index < -0.39 is 0 Å². The van der Waals surface area contributed by atoms with Gasteiger partial charge in [-0.05, 0) is 56.7 Å². The zero-order valence-corrected chi connectivity index (χ0v) is 38.7. The van der Waals surface area contributed by atoms with Crippen molar-refractivity contribution in [1.29, 1.82) is 0 Å². The van der Waals surface area contributed by atoms with E-state index in [9.17, 15) is 0 Å². The summed E-state index contributed by atoms with van der Waals surface area (Å²) in [6, 6.07) is 31.9. The van der Waals surface area contributed by atoms with E-state index in [1.807, 2.05) is 30.3 Å². The summed E-state index contributed by atoms with van der Waals surface area (Å²) < 4.78 is 3.34. The molecule has 0 N–H and O–H groups in total. The number of hydrogen-bond acceptors (Lipinski definition) is 0. The van der Waals surface area contributed by atoms with Crippen molar-refractivity contribution in [2.24, 2.45) is 5.92 Å². The molecule has 1 atom stereocenters. The van der Waals surface area contributed by atoms with E-state index in [2.05, 4.69) is 184 Å². The van der Waals surface area contributed by atoms with E-state index >= 15 is 0 Å². The van der Waals surface area contributed by atoms with Gasteiger partial charge in [-0.3, -0.25) is 12.2 Å². The van der Waals surface area contributed by atoms with Crippen molar-refractivity contribution in [2.45, 2.75) is 111 Å². The van der Waals surface area contributed by atoms with Gasteiger partial charge in [0.05, 0.1) is 0 Å². The van der Waals surface area contributed by atoms with Gasteiger partial charge in [0.25, 0.3) is 0 Å². The number of fused-ring (bicyclic) bond motifs is 5. The summed E-state index contributed by atoms with van der Waals surface area (Å²) in [4.78, 5) is 0. The second-order valence-electron chi connectivity index (χ2n) is 17.4. The van der Waals surface area contributed by atoms with Crippen LogP contribution < -0.4 is 0 Å². The summed E-state index contributed by atoms with van der Waals surface area (Å²) in [5.74, 6) is 0.556. The Balaban J connectivity index is 0.000000274. The predicted molar refractivity (Wildman–Crippen MR) is 238 cm³/mol. The molecular formula is C51H60Cl2Zr-4. The van der Waals surface area contributed by atoms with E-state index in [-0.39, 0.29) is 46.5 Å². The molecule has 0 saturated heterocycles. The van der Waals surface area contributed by atoms with Crippen molar-refractivity contribution >= 4 is 41.2 Å². The minimum absolute atomic E-state index is 0. The molecule has 4 aromatic rings. The zero-order valence-electron chi connectivity index (χ0n) is 34.6. The van der Waals surface area contributed by atoms with Gasteiger partial charge in [-0.25, -0.2) is 17.7 Å². The number of halogens is 2. The first kappa shape index (κ1) is 47.3. The number of rotatable bonds is 0. The van der Waals surface area contributed by atoms with Crippen LogP contribution in [0.2, 0.25) is 0 Å². The minimum atomic E-state index is 0. The van der Waals surface area contributed by atoms with Gasteiger partial charge in [-0.15, -0.1) is 43.4 Å². The third kappa shape index (κ3) is 11.8. The Labute approximate surface area is 356 Å². The maximum atomic E-state index is 3.50. The van der Waals surface area contributed by atoms with Crippen LogP contribution in [-0.4, -0.2) is 4.21 Å². The molecule has 0 aliphatic heterocycles. The molecule has 0 fully saturated rings. The van der Waals surface area contributed by atoms with E-state index in [4.69, 9.17) is 0 Å². The third-order valence-electron chi connectivity index (χ3n) is 10.1. The number of allylic oxidation sites excluding steroid dienone is 6. The molecule has 4 aromatic carbocycles. The first-order chi connectivity index (χ1) is 24.3. The van der Waals surface area contributed by atoms with E-state index in [1.54, 1.807) is 0 Å². The van der Waals surface area contributed by atoms with Gasteiger partial charge >= 0.3 is 28.4 Å². The molecule has 3 heteroatoms. The maximum absolute atomic E-state index is 3.50. The molecule has 0 nitrogen and oxygen atoms in total. The fraction of sp³-hybridized carbons (Fsp3) is 0.353. The van der Waals surface area contributed by atoms with Crippen molar-refractivity contribution in [3.8, 4) is 11.1 Å². The molecule has 0 amide bonds. The zero-order chi connectivity index (χ0) is 38.5. The molecular weight excluding hydrogens is 775 g/mol. The summed E-state index contributed by atoms with van der Waals surface area (Å²) in [6.07, 6.45) is 18.7. The molecule has 286 valence electrons. The van der Waals surface area contributed by atoms with Gasteiger partial charge < -0.3 is 0 Å². The molecule has 0 saturated carbocycles. The summed E-state index contributed by atoms with van der Waals surface area (Å²) in [5.41, 5.74) is 16.3. The summed E-state index contributed by atoms with van der Waals surface area (Å²) in [7, 11) is 0. The van der Waals surface area contributed by atoms with Gasteiger partial charge in [-0.1, -0.05) is 112 Å². The van der Waals surface area contributed by atoms with E-state index in [0.717, 1.165) is 6.42 Å². The molecule has 4 aliphatic rings. The average Bonchev–Trinajstić information content (AvgIpc) is 3.83. The van der Waals surface area contributed by atoms with Crippen LogP contribution in [0.3, 0.4) is 0 Å². The quantitative estimate of drug-likeness (QED) is 0.136. The summed E-state index contributed by atoms with van der Waals surface area (Å²) in [5, 5.41) is 0. The molecule has 8 rings (SSSR count). The predicted octanol–water partition coefficient (Wildman–Crippen LogP) is 14.0. The van der Waals surface area contributed by atoms with Crippen molar-refractivity contribution in [2.75, 3.05) is 0 Å². The van der Waals surface area contributed by atoms with Gasteiger partial charge in [0.1, 0.15) is 0 Å². The van der Waals surface area contributed by atoms with Crippen molar-refractivity contribution in [1.82, 2.24) is 0 Å². The molecule has 54 heavy (non-hydrogen) atoms. The second-order valence-corrected chi connectivity index (χ2v) is 17.4. The Hall–Kier alpha value is -2.83. The van der Waals surface area contributed by atoms with Gasteiger partial charge in [-0.2, -0.15) is 83.4 Å². The van der Waals surface area contributed by atoms with E-state index in [1.165, 1.54) is 85.4 Å². The Morgan fingerprint density at radius 2 is 1.15 bits per heavy atom. The van der Waals surface area contributed by atoms with Crippen LogP contribution in [0.4, 0.5) is 0 Å². The molecule has 1 unspecified atom stereocenters. The van der Waals surface area contributed by atoms with E-state index in [0.29, 0.717) is 5.92 Å². The first-order valence-corrected chi connectivity index (χ1v) is 20.3.